The number of esters is 1. The lowest BCUT2D eigenvalue weighted by atomic mass is 9.95. The lowest BCUT2D eigenvalue weighted by molar-refractivity contribution is -0.145. The Kier molecular flexibility index (Phi) is 5.10. The first kappa shape index (κ1) is 19.2. The number of carbonyl (C=O) groups is 4. The van der Waals surface area contributed by atoms with Gasteiger partial charge < -0.3 is 10.1 Å². The molecule has 0 aromatic carbocycles. The topological polar surface area (TPSA) is 118 Å². The molecule has 4 amide bonds. The van der Waals surface area contributed by atoms with E-state index in [1.165, 1.54) is 11.3 Å². The molecule has 1 aliphatic heterocycles. The Bertz CT molecular complexity index is 993. The maximum absolute atomic E-state index is 12.5. The van der Waals surface area contributed by atoms with E-state index in [0.717, 1.165) is 9.78 Å². The van der Waals surface area contributed by atoms with Crippen LogP contribution in [-0.2, 0) is 25.5 Å². The number of rotatable bonds is 5. The Morgan fingerprint density at radius 2 is 2.17 bits per heavy atom. The first-order valence-corrected chi connectivity index (χ1v) is 10.0. The van der Waals surface area contributed by atoms with E-state index in [9.17, 15) is 19.2 Å². The van der Waals surface area contributed by atoms with E-state index in [2.05, 4.69) is 15.3 Å². The number of aryl methyl sites for hydroxylation is 1. The molecule has 10 heteroatoms. The number of thiazole rings is 1. The number of amides is 4. The van der Waals surface area contributed by atoms with Gasteiger partial charge in [0.15, 0.2) is 5.13 Å². The molecule has 29 heavy (non-hydrogen) atoms. The summed E-state index contributed by atoms with van der Waals surface area (Å²) in [5, 5.41) is 2.94. The SMILES string of the molecule is CCOC(=O)C1CCc2sc(NC(=O)CN3C(=O)N=C4C=CC=CC4C3=O)nc21. The lowest BCUT2D eigenvalue weighted by Gasteiger charge is -2.27. The maximum Gasteiger partial charge on any atom is 0.351 e. The second-order valence-corrected chi connectivity index (χ2v) is 7.77. The minimum Gasteiger partial charge on any atom is -0.465 e. The molecular formula is C19H18N4O5S. The van der Waals surface area contributed by atoms with E-state index in [1.807, 2.05) is 0 Å². The summed E-state index contributed by atoms with van der Waals surface area (Å²) >= 11 is 1.28. The summed E-state index contributed by atoms with van der Waals surface area (Å²) in [6.07, 6.45) is 7.97. The molecule has 2 heterocycles. The number of aliphatic imine (C=N–C) groups is 1. The number of allylic oxidation sites excluding steroid dienone is 3. The second kappa shape index (κ2) is 7.70. The molecule has 0 bridgehead atoms. The van der Waals surface area contributed by atoms with Crippen molar-refractivity contribution in [1.29, 1.82) is 0 Å². The van der Waals surface area contributed by atoms with Crippen LogP contribution >= 0.6 is 11.3 Å². The van der Waals surface area contributed by atoms with Gasteiger partial charge in [0.1, 0.15) is 12.5 Å². The summed E-state index contributed by atoms with van der Waals surface area (Å²) in [7, 11) is 0. The number of nitrogens with zero attached hydrogens (tertiary/aromatic N) is 3. The van der Waals surface area contributed by atoms with Crippen molar-refractivity contribution in [2.75, 3.05) is 18.5 Å². The van der Waals surface area contributed by atoms with Gasteiger partial charge in [0.05, 0.1) is 23.9 Å². The van der Waals surface area contributed by atoms with E-state index in [0.29, 0.717) is 36.0 Å². The first-order valence-electron chi connectivity index (χ1n) is 9.22. The van der Waals surface area contributed by atoms with Crippen molar-refractivity contribution in [2.45, 2.75) is 25.7 Å². The Labute approximate surface area is 170 Å². The average molecular weight is 414 g/mol. The zero-order valence-electron chi connectivity index (χ0n) is 15.6. The standard InChI is InChI=1S/C19H18N4O5S/c1-2-28-17(26)11-7-8-13-15(11)22-18(29-13)21-14(24)9-23-16(25)10-5-3-4-6-12(10)20-19(23)27/h3-6,10-11H,2,7-9H2,1H3,(H,21,22,24). The molecule has 1 aromatic heterocycles. The summed E-state index contributed by atoms with van der Waals surface area (Å²) in [6, 6.07) is -0.764. The number of carbonyl (C=O) groups excluding carboxylic acids is 4. The number of urea groups is 1. The minimum atomic E-state index is -0.764. The summed E-state index contributed by atoms with van der Waals surface area (Å²) < 4.78 is 5.07. The van der Waals surface area contributed by atoms with Crippen LogP contribution in [0, 0.1) is 5.92 Å². The summed E-state index contributed by atoms with van der Waals surface area (Å²) in [5.74, 6) is -2.43. The van der Waals surface area contributed by atoms with Crippen LogP contribution in [0.2, 0.25) is 0 Å². The predicted octanol–water partition coefficient (Wildman–Crippen LogP) is 1.82. The average Bonchev–Trinajstić information content (AvgIpc) is 3.25. The first-order chi connectivity index (χ1) is 14.0. The molecule has 0 fully saturated rings. The lowest BCUT2D eigenvalue weighted by Crippen LogP contribution is -2.48. The molecule has 2 atom stereocenters. The molecular weight excluding hydrogens is 396 g/mol. The van der Waals surface area contributed by atoms with Gasteiger partial charge in [-0.05, 0) is 25.8 Å². The van der Waals surface area contributed by atoms with Crippen LogP contribution < -0.4 is 5.32 Å². The Hall–Kier alpha value is -3.14. The Morgan fingerprint density at radius 3 is 2.97 bits per heavy atom. The van der Waals surface area contributed by atoms with Gasteiger partial charge in [-0.3, -0.25) is 19.3 Å². The largest absolute Gasteiger partial charge is 0.465 e. The van der Waals surface area contributed by atoms with Crippen molar-refractivity contribution < 1.29 is 23.9 Å². The van der Waals surface area contributed by atoms with Crippen molar-refractivity contribution in [3.63, 3.8) is 0 Å². The minimum absolute atomic E-state index is 0.298. The molecule has 150 valence electrons. The fourth-order valence-electron chi connectivity index (χ4n) is 3.48. The van der Waals surface area contributed by atoms with Gasteiger partial charge in [0.2, 0.25) is 11.8 Å². The third kappa shape index (κ3) is 3.63. The quantitative estimate of drug-likeness (QED) is 0.735. The van der Waals surface area contributed by atoms with E-state index < -0.39 is 36.2 Å². The smallest absolute Gasteiger partial charge is 0.351 e. The number of aromatic nitrogens is 1. The molecule has 0 saturated carbocycles. The maximum atomic E-state index is 12.5. The number of nitrogens with one attached hydrogen (secondary N) is 1. The molecule has 0 spiro atoms. The van der Waals surface area contributed by atoms with Crippen molar-refractivity contribution in [2.24, 2.45) is 10.9 Å². The molecule has 1 N–H and O–H groups in total. The van der Waals surface area contributed by atoms with E-state index in [-0.39, 0.29) is 5.97 Å². The summed E-state index contributed by atoms with van der Waals surface area (Å²) in [4.78, 5) is 59.2. The number of hydrogen-bond donors (Lipinski definition) is 1. The number of hydrogen-bond acceptors (Lipinski definition) is 7. The van der Waals surface area contributed by atoms with Crippen molar-refractivity contribution in [3.05, 3.63) is 34.9 Å². The zero-order valence-corrected chi connectivity index (χ0v) is 16.4. The van der Waals surface area contributed by atoms with E-state index in [4.69, 9.17) is 4.74 Å². The second-order valence-electron chi connectivity index (χ2n) is 6.68. The highest BCUT2D eigenvalue weighted by Gasteiger charge is 2.37. The van der Waals surface area contributed by atoms with Gasteiger partial charge in [-0.25, -0.2) is 9.78 Å². The zero-order chi connectivity index (χ0) is 20.5. The van der Waals surface area contributed by atoms with Crippen molar-refractivity contribution in [3.8, 4) is 0 Å². The molecule has 9 nitrogen and oxygen atoms in total. The van der Waals surface area contributed by atoms with Gasteiger partial charge in [-0.2, -0.15) is 4.99 Å². The number of anilines is 1. The molecule has 2 unspecified atom stereocenters. The highest BCUT2D eigenvalue weighted by atomic mass is 32.1. The van der Waals surface area contributed by atoms with Crippen LogP contribution in [-0.4, -0.2) is 52.6 Å². The van der Waals surface area contributed by atoms with Gasteiger partial charge in [0.25, 0.3) is 0 Å². The third-order valence-electron chi connectivity index (χ3n) is 4.82. The molecule has 0 radical (unpaired) electrons. The van der Waals surface area contributed by atoms with Crippen LogP contribution in [0.3, 0.4) is 0 Å². The summed E-state index contributed by atoms with van der Waals surface area (Å²) in [5.41, 5.74) is 1.00. The van der Waals surface area contributed by atoms with E-state index in [1.54, 1.807) is 31.2 Å². The number of imide groups is 1. The molecule has 1 aromatic rings. The van der Waals surface area contributed by atoms with Gasteiger partial charge in [-0.15, -0.1) is 11.3 Å². The van der Waals surface area contributed by atoms with Gasteiger partial charge >= 0.3 is 12.0 Å². The Morgan fingerprint density at radius 1 is 1.34 bits per heavy atom. The number of ether oxygens (including phenoxy) is 1. The Balaban J connectivity index is 1.43. The highest BCUT2D eigenvalue weighted by Crippen LogP contribution is 2.39. The van der Waals surface area contributed by atoms with Crippen molar-refractivity contribution in [1.82, 2.24) is 9.88 Å². The van der Waals surface area contributed by atoms with Crippen LogP contribution in [0.4, 0.5) is 9.93 Å². The molecule has 3 aliphatic rings. The molecule has 4 rings (SSSR count). The van der Waals surface area contributed by atoms with Crippen LogP contribution in [0.25, 0.3) is 0 Å². The fourth-order valence-corrected chi connectivity index (χ4v) is 4.54. The van der Waals surface area contributed by atoms with Gasteiger partial charge in [-0.1, -0.05) is 18.2 Å². The van der Waals surface area contributed by atoms with Crippen LogP contribution in [0.5, 0.6) is 0 Å². The van der Waals surface area contributed by atoms with Gasteiger partial charge in [0, 0.05) is 4.88 Å². The number of fused-ring (bicyclic) bond motifs is 2. The molecule has 0 saturated heterocycles. The monoisotopic (exact) mass is 414 g/mol. The predicted molar refractivity (Wildman–Crippen MR) is 105 cm³/mol. The normalized spacial score (nSPS) is 22.2. The van der Waals surface area contributed by atoms with Crippen molar-refractivity contribution >= 4 is 46.0 Å². The fraction of sp³-hybridized carbons (Fsp3) is 0.368. The van der Waals surface area contributed by atoms with E-state index >= 15 is 0 Å². The highest BCUT2D eigenvalue weighted by molar-refractivity contribution is 7.16. The summed E-state index contributed by atoms with van der Waals surface area (Å²) in [6.45, 7) is 1.59. The van der Waals surface area contributed by atoms with Crippen LogP contribution in [0.15, 0.2) is 29.3 Å². The van der Waals surface area contributed by atoms with Crippen LogP contribution in [0.1, 0.15) is 29.8 Å². The third-order valence-corrected chi connectivity index (χ3v) is 5.87. The molecule has 2 aliphatic carbocycles.